The molecular weight excluding hydrogens is 420 g/mol. The van der Waals surface area contributed by atoms with Crippen LogP contribution in [-0.2, 0) is 29.0 Å². The zero-order valence-electron chi connectivity index (χ0n) is 20.8. The van der Waals surface area contributed by atoms with Crippen LogP contribution in [0.15, 0.2) is 78.9 Å². The minimum absolute atomic E-state index is 0.0434. The predicted octanol–water partition coefficient (Wildman–Crippen LogP) is 5.26. The Morgan fingerprint density at radius 3 is 1.94 bits per heavy atom. The van der Waals surface area contributed by atoms with Gasteiger partial charge in [0.15, 0.2) is 0 Å². The number of hydrogen-bond donors (Lipinski definition) is 1. The van der Waals surface area contributed by atoms with Crippen molar-refractivity contribution in [3.8, 4) is 0 Å². The minimum atomic E-state index is -0.600. The van der Waals surface area contributed by atoms with Crippen LogP contribution in [-0.4, -0.2) is 29.3 Å². The van der Waals surface area contributed by atoms with Gasteiger partial charge in [0.25, 0.3) is 0 Å². The lowest BCUT2D eigenvalue weighted by Gasteiger charge is -2.32. The number of carbonyl (C=O) groups excluding carboxylic acids is 2. The fourth-order valence-electron chi connectivity index (χ4n) is 4.02. The average Bonchev–Trinajstić information content (AvgIpc) is 2.83. The Morgan fingerprint density at radius 2 is 1.35 bits per heavy atom. The Bertz CT molecular complexity index is 1090. The van der Waals surface area contributed by atoms with E-state index in [0.717, 1.165) is 27.8 Å². The van der Waals surface area contributed by atoms with E-state index < -0.39 is 6.04 Å². The van der Waals surface area contributed by atoms with E-state index in [2.05, 4.69) is 19.2 Å². The van der Waals surface area contributed by atoms with Crippen LogP contribution in [0.1, 0.15) is 41.7 Å². The summed E-state index contributed by atoms with van der Waals surface area (Å²) >= 11 is 0. The van der Waals surface area contributed by atoms with Gasteiger partial charge in [0, 0.05) is 19.5 Å². The zero-order valence-corrected chi connectivity index (χ0v) is 20.8. The molecule has 0 radical (unpaired) electrons. The molecule has 0 heterocycles. The summed E-state index contributed by atoms with van der Waals surface area (Å²) in [4.78, 5) is 29.1. The maximum absolute atomic E-state index is 13.8. The maximum Gasteiger partial charge on any atom is 0.243 e. The lowest BCUT2D eigenvalue weighted by Crippen LogP contribution is -2.51. The number of amides is 2. The maximum atomic E-state index is 13.8. The lowest BCUT2D eigenvalue weighted by molar-refractivity contribution is -0.140. The molecule has 34 heavy (non-hydrogen) atoms. The number of hydrogen-bond acceptors (Lipinski definition) is 2. The van der Waals surface area contributed by atoms with Gasteiger partial charge in [-0.05, 0) is 47.6 Å². The van der Waals surface area contributed by atoms with E-state index in [-0.39, 0.29) is 18.2 Å². The van der Waals surface area contributed by atoms with Gasteiger partial charge in [-0.2, -0.15) is 0 Å². The van der Waals surface area contributed by atoms with Crippen molar-refractivity contribution in [3.63, 3.8) is 0 Å². The molecule has 1 N–H and O–H groups in total. The second kappa shape index (κ2) is 12.2. The van der Waals surface area contributed by atoms with E-state index in [1.807, 2.05) is 92.7 Å². The molecule has 3 rings (SSSR count). The third-order valence-corrected chi connectivity index (χ3v) is 6.16. The fraction of sp³-hybridized carbons (Fsp3) is 0.333. The van der Waals surface area contributed by atoms with E-state index in [1.54, 1.807) is 4.90 Å². The average molecular weight is 457 g/mol. The topological polar surface area (TPSA) is 49.4 Å². The second-order valence-electron chi connectivity index (χ2n) is 9.40. The third-order valence-electron chi connectivity index (χ3n) is 6.16. The Kier molecular flexibility index (Phi) is 9.03. The summed E-state index contributed by atoms with van der Waals surface area (Å²) in [5.74, 6) is 0.177. The molecule has 0 aromatic heterocycles. The van der Waals surface area contributed by atoms with Gasteiger partial charge in [-0.25, -0.2) is 0 Å². The molecule has 3 aromatic carbocycles. The van der Waals surface area contributed by atoms with Gasteiger partial charge >= 0.3 is 0 Å². The Morgan fingerprint density at radius 1 is 0.794 bits per heavy atom. The summed E-state index contributed by atoms with van der Waals surface area (Å²) in [5, 5.41) is 3.08. The van der Waals surface area contributed by atoms with Crippen molar-refractivity contribution in [3.05, 3.63) is 107 Å². The highest BCUT2D eigenvalue weighted by atomic mass is 16.2. The van der Waals surface area contributed by atoms with Crippen LogP contribution in [0, 0.1) is 19.8 Å². The van der Waals surface area contributed by atoms with Gasteiger partial charge < -0.3 is 10.2 Å². The number of nitrogens with zero attached hydrogens (tertiary/aromatic N) is 1. The molecule has 0 saturated heterocycles. The van der Waals surface area contributed by atoms with Gasteiger partial charge in [-0.1, -0.05) is 92.7 Å². The molecular formula is C30H36N2O2. The Balaban J connectivity index is 1.98. The minimum Gasteiger partial charge on any atom is -0.354 e. The molecule has 2 amide bonds. The summed E-state index contributed by atoms with van der Waals surface area (Å²) in [5.41, 5.74) is 5.26. The van der Waals surface area contributed by atoms with Gasteiger partial charge in [0.05, 0.1) is 6.42 Å². The van der Waals surface area contributed by atoms with E-state index in [9.17, 15) is 9.59 Å². The van der Waals surface area contributed by atoms with E-state index in [4.69, 9.17) is 0 Å². The molecule has 0 aliphatic carbocycles. The van der Waals surface area contributed by atoms with Crippen LogP contribution >= 0.6 is 0 Å². The predicted molar refractivity (Wildman–Crippen MR) is 138 cm³/mol. The molecule has 1 unspecified atom stereocenters. The van der Waals surface area contributed by atoms with Gasteiger partial charge in [0.2, 0.25) is 11.8 Å². The number of nitrogens with one attached hydrogen (secondary N) is 1. The summed E-state index contributed by atoms with van der Waals surface area (Å²) in [6.45, 7) is 9.18. The highest BCUT2D eigenvalue weighted by Gasteiger charge is 2.30. The van der Waals surface area contributed by atoms with Gasteiger partial charge in [-0.15, -0.1) is 0 Å². The van der Waals surface area contributed by atoms with Crippen LogP contribution in [0.25, 0.3) is 0 Å². The smallest absolute Gasteiger partial charge is 0.243 e. The summed E-state index contributed by atoms with van der Waals surface area (Å²) < 4.78 is 0. The first-order chi connectivity index (χ1) is 16.3. The molecule has 0 saturated carbocycles. The highest BCUT2D eigenvalue weighted by Crippen LogP contribution is 2.19. The van der Waals surface area contributed by atoms with Crippen molar-refractivity contribution in [1.29, 1.82) is 0 Å². The Labute approximate surface area is 204 Å². The third kappa shape index (κ3) is 7.05. The van der Waals surface area contributed by atoms with Crippen molar-refractivity contribution in [2.24, 2.45) is 5.92 Å². The molecule has 0 fully saturated rings. The zero-order chi connectivity index (χ0) is 24.5. The molecule has 4 heteroatoms. The number of carbonyl (C=O) groups is 2. The quantitative estimate of drug-likeness (QED) is 0.452. The molecule has 0 spiro atoms. The Hall–Kier alpha value is -3.40. The molecule has 0 bridgehead atoms. The number of aryl methyl sites for hydroxylation is 2. The molecule has 4 nitrogen and oxygen atoms in total. The van der Waals surface area contributed by atoms with Crippen molar-refractivity contribution >= 4 is 11.8 Å². The summed E-state index contributed by atoms with van der Waals surface area (Å²) in [7, 11) is 0. The monoisotopic (exact) mass is 456 g/mol. The first-order valence-corrected chi connectivity index (χ1v) is 12.0. The van der Waals surface area contributed by atoms with E-state index in [1.165, 1.54) is 0 Å². The number of rotatable bonds is 10. The summed E-state index contributed by atoms with van der Waals surface area (Å²) in [6.07, 6.45) is 0.734. The molecule has 1 atom stereocenters. The molecule has 0 aliphatic rings. The van der Waals surface area contributed by atoms with Crippen LogP contribution in [0.4, 0.5) is 0 Å². The van der Waals surface area contributed by atoms with E-state index >= 15 is 0 Å². The normalized spacial score (nSPS) is 11.8. The van der Waals surface area contributed by atoms with Crippen LogP contribution in [0.5, 0.6) is 0 Å². The van der Waals surface area contributed by atoms with Crippen LogP contribution in [0.2, 0.25) is 0 Å². The SMILES string of the molecule is Cc1ccccc1CC(=O)N(Cc1ccccc1C)C(Cc1ccccc1)C(=O)NCC(C)C. The van der Waals surface area contributed by atoms with Crippen molar-refractivity contribution in [1.82, 2.24) is 10.2 Å². The fourth-order valence-corrected chi connectivity index (χ4v) is 4.02. The van der Waals surface area contributed by atoms with Crippen LogP contribution < -0.4 is 5.32 Å². The highest BCUT2D eigenvalue weighted by molar-refractivity contribution is 5.89. The first-order valence-electron chi connectivity index (χ1n) is 12.0. The van der Waals surface area contributed by atoms with Gasteiger partial charge in [0.1, 0.15) is 6.04 Å². The van der Waals surface area contributed by atoms with Crippen molar-refractivity contribution < 1.29 is 9.59 Å². The van der Waals surface area contributed by atoms with Crippen LogP contribution in [0.3, 0.4) is 0 Å². The largest absolute Gasteiger partial charge is 0.354 e. The van der Waals surface area contributed by atoms with Crippen molar-refractivity contribution in [2.75, 3.05) is 6.54 Å². The second-order valence-corrected chi connectivity index (χ2v) is 9.40. The number of benzene rings is 3. The lowest BCUT2D eigenvalue weighted by atomic mass is 9.99. The standard InChI is InChI=1S/C30H36N2O2/c1-22(2)20-31-30(34)28(18-25-14-6-5-7-15-25)32(21-27-17-11-9-13-24(27)4)29(33)19-26-16-10-8-12-23(26)3/h5-17,22,28H,18-21H2,1-4H3,(H,31,34). The summed E-state index contributed by atoms with van der Waals surface area (Å²) in [6, 6.07) is 25.3. The van der Waals surface area contributed by atoms with E-state index in [0.29, 0.717) is 25.4 Å². The first kappa shape index (κ1) is 25.2. The molecule has 0 aliphatic heterocycles. The molecule has 3 aromatic rings. The van der Waals surface area contributed by atoms with Crippen molar-refractivity contribution in [2.45, 2.75) is 53.1 Å². The molecule has 178 valence electrons. The van der Waals surface area contributed by atoms with Gasteiger partial charge in [-0.3, -0.25) is 9.59 Å².